The van der Waals surface area contributed by atoms with Crippen LogP contribution in [0.2, 0.25) is 0 Å². The van der Waals surface area contributed by atoms with E-state index >= 15 is 0 Å². The van der Waals surface area contributed by atoms with Crippen molar-refractivity contribution in [2.24, 2.45) is 0 Å². The molecule has 1 rings (SSSR count). The molecule has 0 spiro atoms. The van der Waals surface area contributed by atoms with Crippen LogP contribution in [0.1, 0.15) is 26.7 Å². The van der Waals surface area contributed by atoms with Crippen molar-refractivity contribution in [3.8, 4) is 0 Å². The van der Waals surface area contributed by atoms with Crippen LogP contribution in [-0.2, 0) is 0 Å². The van der Waals surface area contributed by atoms with Gasteiger partial charge in [-0.2, -0.15) is 0 Å². The molecule has 1 aromatic rings. The number of alkyl halides is 1. The fraction of sp³-hybridized carbons (Fsp3) is 0.583. The maximum absolute atomic E-state index is 13.9. The van der Waals surface area contributed by atoms with E-state index in [0.717, 1.165) is 24.7 Å². The van der Waals surface area contributed by atoms with E-state index in [1.165, 1.54) is 6.07 Å². The monoisotopic (exact) mass is 366 g/mol. The van der Waals surface area contributed by atoms with Gasteiger partial charge in [0.1, 0.15) is 0 Å². The van der Waals surface area contributed by atoms with Crippen LogP contribution in [-0.4, -0.2) is 22.9 Å². The van der Waals surface area contributed by atoms with Gasteiger partial charge in [0, 0.05) is 28.6 Å². The number of aromatic nitrogens is 1. The topological polar surface area (TPSA) is 16.1 Å². The van der Waals surface area contributed by atoms with Crippen LogP contribution in [0.4, 0.5) is 10.2 Å². The van der Waals surface area contributed by atoms with Crippen LogP contribution < -0.4 is 4.90 Å². The van der Waals surface area contributed by atoms with Gasteiger partial charge in [-0.15, -0.1) is 0 Å². The van der Waals surface area contributed by atoms with Crippen molar-refractivity contribution in [1.82, 2.24) is 4.98 Å². The summed E-state index contributed by atoms with van der Waals surface area (Å²) in [5.41, 5.74) is 0. The van der Waals surface area contributed by atoms with Gasteiger partial charge in [-0.1, -0.05) is 29.8 Å². The van der Waals surface area contributed by atoms with E-state index in [0.29, 0.717) is 16.3 Å². The Balaban J connectivity index is 3.03. The van der Waals surface area contributed by atoms with E-state index in [4.69, 9.17) is 0 Å². The summed E-state index contributed by atoms with van der Waals surface area (Å²) < 4.78 is 14.6. The highest BCUT2D eigenvalue weighted by atomic mass is 79.9. The van der Waals surface area contributed by atoms with Crippen LogP contribution in [0.5, 0.6) is 0 Å². The number of rotatable bonds is 6. The van der Waals surface area contributed by atoms with Crippen molar-refractivity contribution in [2.75, 3.05) is 16.8 Å². The van der Waals surface area contributed by atoms with Crippen molar-refractivity contribution >= 4 is 37.7 Å². The highest BCUT2D eigenvalue weighted by Gasteiger charge is 2.19. The second-order valence-electron chi connectivity index (χ2n) is 3.81. The van der Waals surface area contributed by atoms with Gasteiger partial charge >= 0.3 is 0 Å². The first-order chi connectivity index (χ1) is 8.13. The predicted octanol–water partition coefficient (Wildman–Crippen LogP) is 4.37. The summed E-state index contributed by atoms with van der Waals surface area (Å²) in [6.07, 6.45) is 3.61. The highest BCUT2D eigenvalue weighted by Crippen LogP contribution is 2.23. The zero-order valence-corrected chi connectivity index (χ0v) is 13.3. The Morgan fingerprint density at radius 1 is 1.41 bits per heavy atom. The van der Waals surface area contributed by atoms with Gasteiger partial charge in [-0.3, -0.25) is 0 Å². The average Bonchev–Trinajstić information content (AvgIpc) is 2.30. The fourth-order valence-electron chi connectivity index (χ4n) is 1.90. The third-order valence-corrected chi connectivity index (χ3v) is 3.56. The smallest absolute Gasteiger partial charge is 0.166 e. The molecule has 0 fully saturated rings. The van der Waals surface area contributed by atoms with E-state index in [9.17, 15) is 4.39 Å². The lowest BCUT2D eigenvalue weighted by Crippen LogP contribution is -2.37. The van der Waals surface area contributed by atoms with Gasteiger partial charge in [0.15, 0.2) is 11.6 Å². The Labute approximate surface area is 119 Å². The summed E-state index contributed by atoms with van der Waals surface area (Å²) in [6.45, 7) is 5.00. The van der Waals surface area contributed by atoms with Gasteiger partial charge in [0.25, 0.3) is 0 Å². The third-order valence-electron chi connectivity index (χ3n) is 2.77. The molecule has 2 nitrogen and oxygen atoms in total. The Morgan fingerprint density at radius 2 is 2.06 bits per heavy atom. The molecule has 0 amide bonds. The van der Waals surface area contributed by atoms with Crippen LogP contribution in [0, 0.1) is 5.82 Å². The molecule has 96 valence electrons. The first kappa shape index (κ1) is 14.9. The largest absolute Gasteiger partial charge is 0.350 e. The molecule has 0 saturated carbocycles. The number of nitrogens with zero attached hydrogens (tertiary/aromatic N) is 2. The quantitative estimate of drug-likeness (QED) is 0.694. The molecule has 0 saturated heterocycles. The van der Waals surface area contributed by atoms with Crippen molar-refractivity contribution in [3.05, 3.63) is 22.6 Å². The van der Waals surface area contributed by atoms with Crippen LogP contribution in [0.3, 0.4) is 0 Å². The maximum atomic E-state index is 13.9. The van der Waals surface area contributed by atoms with Gasteiger partial charge < -0.3 is 4.90 Å². The number of anilines is 1. The van der Waals surface area contributed by atoms with Crippen LogP contribution in [0.25, 0.3) is 0 Å². The predicted molar refractivity (Wildman–Crippen MR) is 77.4 cm³/mol. The summed E-state index contributed by atoms with van der Waals surface area (Å²) >= 11 is 6.64. The second kappa shape index (κ2) is 7.31. The highest BCUT2D eigenvalue weighted by molar-refractivity contribution is 9.10. The molecule has 0 bridgehead atoms. The van der Waals surface area contributed by atoms with E-state index in [1.54, 1.807) is 6.20 Å². The SMILES string of the molecule is CCC(CC)N(CCBr)c1ncc(Br)cc1F. The number of halogens is 3. The maximum Gasteiger partial charge on any atom is 0.166 e. The Hall–Kier alpha value is -0.160. The van der Waals surface area contributed by atoms with Gasteiger partial charge in [-0.05, 0) is 34.8 Å². The molecule has 0 aliphatic rings. The Bertz CT molecular complexity index is 356. The molecule has 0 N–H and O–H groups in total. The first-order valence-corrected chi connectivity index (χ1v) is 7.69. The molecular formula is C12H17Br2FN2. The second-order valence-corrected chi connectivity index (χ2v) is 5.52. The van der Waals surface area contributed by atoms with Gasteiger partial charge in [0.2, 0.25) is 0 Å². The average molecular weight is 368 g/mol. The van der Waals surface area contributed by atoms with Crippen molar-refractivity contribution in [1.29, 1.82) is 0 Å². The molecule has 1 aromatic heterocycles. The lowest BCUT2D eigenvalue weighted by atomic mass is 10.1. The third kappa shape index (κ3) is 3.91. The molecule has 5 heteroatoms. The molecule has 0 unspecified atom stereocenters. The standard InChI is InChI=1S/C12H17Br2FN2/c1-3-10(4-2)17(6-5-13)12-11(15)7-9(14)8-16-12/h7-8,10H,3-6H2,1-2H3. The van der Waals surface area contributed by atoms with Crippen LogP contribution in [0.15, 0.2) is 16.7 Å². The van der Waals surface area contributed by atoms with Crippen molar-refractivity contribution < 1.29 is 4.39 Å². The molecule has 17 heavy (non-hydrogen) atoms. The normalized spacial score (nSPS) is 10.9. The Morgan fingerprint density at radius 3 is 2.53 bits per heavy atom. The summed E-state index contributed by atoms with van der Waals surface area (Å²) in [6, 6.07) is 1.79. The fourth-order valence-corrected chi connectivity index (χ4v) is 2.59. The molecule has 0 atom stereocenters. The zero-order chi connectivity index (χ0) is 12.8. The molecular weight excluding hydrogens is 351 g/mol. The van der Waals surface area contributed by atoms with Gasteiger partial charge in [0.05, 0.1) is 0 Å². The van der Waals surface area contributed by atoms with Crippen molar-refractivity contribution in [3.63, 3.8) is 0 Å². The van der Waals surface area contributed by atoms with Crippen molar-refractivity contribution in [2.45, 2.75) is 32.7 Å². The summed E-state index contributed by atoms with van der Waals surface area (Å²) in [5, 5.41) is 0.806. The van der Waals surface area contributed by atoms with E-state index in [2.05, 4.69) is 50.7 Å². The number of hydrogen-bond acceptors (Lipinski definition) is 2. The minimum atomic E-state index is -0.271. The van der Waals surface area contributed by atoms with E-state index < -0.39 is 0 Å². The van der Waals surface area contributed by atoms with E-state index in [1.807, 2.05) is 4.90 Å². The molecule has 0 aliphatic carbocycles. The molecule has 0 aromatic carbocycles. The van der Waals surface area contributed by atoms with Crippen LogP contribution >= 0.6 is 31.9 Å². The first-order valence-electron chi connectivity index (χ1n) is 5.77. The molecule has 1 heterocycles. The number of hydrogen-bond donors (Lipinski definition) is 0. The summed E-state index contributed by atoms with van der Waals surface area (Å²) in [7, 11) is 0. The lowest BCUT2D eigenvalue weighted by Gasteiger charge is -2.31. The molecule has 0 aliphatic heterocycles. The number of pyridine rings is 1. The minimum absolute atomic E-state index is 0.271. The molecule has 0 radical (unpaired) electrons. The van der Waals surface area contributed by atoms with E-state index in [-0.39, 0.29) is 5.82 Å². The van der Waals surface area contributed by atoms with Gasteiger partial charge in [-0.25, -0.2) is 9.37 Å². The summed E-state index contributed by atoms with van der Waals surface area (Å²) in [5.74, 6) is 0.175. The minimum Gasteiger partial charge on any atom is -0.350 e. The lowest BCUT2D eigenvalue weighted by molar-refractivity contribution is 0.539. The summed E-state index contributed by atoms with van der Waals surface area (Å²) in [4.78, 5) is 6.24. The Kier molecular flexibility index (Phi) is 6.41. The zero-order valence-electron chi connectivity index (χ0n) is 10.1.